The van der Waals surface area contributed by atoms with Gasteiger partial charge in [0.05, 0.1) is 0 Å². The van der Waals surface area contributed by atoms with Crippen LogP contribution in [0.1, 0.15) is 53.9 Å². The van der Waals surface area contributed by atoms with E-state index >= 15 is 0 Å². The van der Waals surface area contributed by atoms with Gasteiger partial charge in [-0.2, -0.15) is 0 Å². The monoisotopic (exact) mass is 244 g/mol. The number of hydrogen-bond donors (Lipinski definition) is 0. The SMILES string of the molecule is CCC[C@H](O[Si](C)(C)C(C)(C)C)C(=O)CC. The van der Waals surface area contributed by atoms with E-state index in [9.17, 15) is 4.79 Å². The van der Waals surface area contributed by atoms with Gasteiger partial charge in [0.15, 0.2) is 14.1 Å². The van der Waals surface area contributed by atoms with Gasteiger partial charge in [-0.3, -0.25) is 4.79 Å². The first-order chi connectivity index (χ1) is 7.15. The van der Waals surface area contributed by atoms with Crippen molar-refractivity contribution in [3.8, 4) is 0 Å². The Morgan fingerprint density at radius 3 is 2.06 bits per heavy atom. The maximum Gasteiger partial charge on any atom is 0.193 e. The predicted molar refractivity (Wildman–Crippen MR) is 72.3 cm³/mol. The number of rotatable bonds is 6. The molecular formula is C13H28O2Si. The summed E-state index contributed by atoms with van der Waals surface area (Å²) in [5.41, 5.74) is 0. The van der Waals surface area contributed by atoms with Crippen LogP contribution in [-0.2, 0) is 9.22 Å². The summed E-state index contributed by atoms with van der Waals surface area (Å²) < 4.78 is 6.18. The molecule has 0 amide bonds. The highest BCUT2D eigenvalue weighted by Crippen LogP contribution is 2.37. The van der Waals surface area contributed by atoms with Gasteiger partial charge in [-0.05, 0) is 24.6 Å². The van der Waals surface area contributed by atoms with Gasteiger partial charge in [0.25, 0.3) is 0 Å². The molecule has 0 fully saturated rings. The average Bonchev–Trinajstić information content (AvgIpc) is 2.14. The molecule has 0 radical (unpaired) electrons. The Balaban J connectivity index is 4.68. The topological polar surface area (TPSA) is 26.3 Å². The van der Waals surface area contributed by atoms with E-state index in [2.05, 4.69) is 40.8 Å². The van der Waals surface area contributed by atoms with Gasteiger partial charge >= 0.3 is 0 Å². The molecule has 0 unspecified atom stereocenters. The second-order valence-electron chi connectivity index (χ2n) is 5.98. The minimum atomic E-state index is -1.81. The van der Waals surface area contributed by atoms with Crippen LogP contribution in [0.2, 0.25) is 18.1 Å². The first-order valence-electron chi connectivity index (χ1n) is 6.36. The second kappa shape index (κ2) is 5.96. The van der Waals surface area contributed by atoms with E-state index in [4.69, 9.17) is 4.43 Å². The fourth-order valence-electron chi connectivity index (χ4n) is 1.31. The molecule has 0 aliphatic heterocycles. The summed E-state index contributed by atoms with van der Waals surface area (Å²) in [5.74, 6) is 0.256. The van der Waals surface area contributed by atoms with Crippen molar-refractivity contribution in [1.82, 2.24) is 0 Å². The van der Waals surface area contributed by atoms with Crippen LogP contribution in [0.3, 0.4) is 0 Å². The van der Waals surface area contributed by atoms with Crippen LogP contribution in [-0.4, -0.2) is 20.2 Å². The van der Waals surface area contributed by atoms with E-state index < -0.39 is 8.32 Å². The van der Waals surface area contributed by atoms with Gasteiger partial charge in [0, 0.05) is 6.42 Å². The highest BCUT2D eigenvalue weighted by Gasteiger charge is 2.40. The summed E-state index contributed by atoms with van der Waals surface area (Å²) in [6, 6.07) is 0. The largest absolute Gasteiger partial charge is 0.407 e. The Labute approximate surface area is 102 Å². The highest BCUT2D eigenvalue weighted by molar-refractivity contribution is 6.74. The van der Waals surface area contributed by atoms with Crippen molar-refractivity contribution in [1.29, 1.82) is 0 Å². The zero-order valence-electron chi connectivity index (χ0n) is 12.0. The Morgan fingerprint density at radius 2 is 1.75 bits per heavy atom. The number of carbonyl (C=O) groups is 1. The van der Waals surface area contributed by atoms with Crippen molar-refractivity contribution in [2.45, 2.75) is 78.1 Å². The van der Waals surface area contributed by atoms with Crippen LogP contribution in [0.15, 0.2) is 0 Å². The molecule has 0 aromatic rings. The summed E-state index contributed by atoms with van der Waals surface area (Å²) in [7, 11) is -1.81. The van der Waals surface area contributed by atoms with E-state index in [0.29, 0.717) is 6.42 Å². The molecule has 0 aromatic heterocycles. The van der Waals surface area contributed by atoms with E-state index in [1.54, 1.807) is 0 Å². The van der Waals surface area contributed by atoms with Crippen LogP contribution in [0, 0.1) is 0 Å². The number of carbonyl (C=O) groups excluding carboxylic acids is 1. The molecule has 2 nitrogen and oxygen atoms in total. The van der Waals surface area contributed by atoms with Gasteiger partial charge in [-0.25, -0.2) is 0 Å². The van der Waals surface area contributed by atoms with Gasteiger partial charge in [0.1, 0.15) is 6.10 Å². The van der Waals surface area contributed by atoms with E-state index in [-0.39, 0.29) is 16.9 Å². The second-order valence-corrected chi connectivity index (χ2v) is 10.7. The third-order valence-electron chi connectivity index (χ3n) is 3.50. The molecular weight excluding hydrogens is 216 g/mol. The molecule has 16 heavy (non-hydrogen) atoms. The summed E-state index contributed by atoms with van der Waals surface area (Å²) in [6.45, 7) is 15.1. The Morgan fingerprint density at radius 1 is 1.25 bits per heavy atom. The van der Waals surface area contributed by atoms with Crippen molar-refractivity contribution in [3.05, 3.63) is 0 Å². The lowest BCUT2D eigenvalue weighted by Gasteiger charge is -2.38. The molecule has 3 heteroatoms. The zero-order chi connectivity index (χ0) is 13.0. The van der Waals surface area contributed by atoms with Crippen molar-refractivity contribution >= 4 is 14.1 Å². The highest BCUT2D eigenvalue weighted by atomic mass is 28.4. The Kier molecular flexibility index (Phi) is 5.91. The molecule has 0 aromatic carbocycles. The van der Waals surface area contributed by atoms with Crippen molar-refractivity contribution in [2.75, 3.05) is 0 Å². The summed E-state index contributed by atoms with van der Waals surface area (Å²) in [6.07, 6.45) is 2.28. The third-order valence-corrected chi connectivity index (χ3v) is 7.99. The van der Waals surface area contributed by atoms with Gasteiger partial charge < -0.3 is 4.43 Å². The fraction of sp³-hybridized carbons (Fsp3) is 0.923. The maximum atomic E-state index is 11.8. The molecule has 0 rings (SSSR count). The van der Waals surface area contributed by atoms with Gasteiger partial charge in [-0.1, -0.05) is 41.0 Å². The molecule has 0 N–H and O–H groups in total. The van der Waals surface area contributed by atoms with Crippen LogP contribution in [0.5, 0.6) is 0 Å². The van der Waals surface area contributed by atoms with Gasteiger partial charge in [0.2, 0.25) is 0 Å². The quantitative estimate of drug-likeness (QED) is 0.656. The Hall–Kier alpha value is -0.153. The van der Waals surface area contributed by atoms with E-state index in [1.165, 1.54) is 0 Å². The molecule has 96 valence electrons. The molecule has 0 aliphatic rings. The molecule has 0 bridgehead atoms. The first kappa shape index (κ1) is 15.8. The average molecular weight is 244 g/mol. The molecule has 0 saturated carbocycles. The summed E-state index contributed by atoms with van der Waals surface area (Å²) in [4.78, 5) is 11.8. The van der Waals surface area contributed by atoms with Crippen LogP contribution < -0.4 is 0 Å². The molecule has 0 heterocycles. The minimum absolute atomic E-state index is 0.170. The third kappa shape index (κ3) is 4.38. The number of Topliss-reactive ketones (excluding diaryl/α,β-unsaturated/α-hetero) is 1. The number of hydrogen-bond acceptors (Lipinski definition) is 2. The van der Waals surface area contributed by atoms with Gasteiger partial charge in [-0.15, -0.1) is 0 Å². The fourth-order valence-corrected chi connectivity index (χ4v) is 2.62. The molecule has 1 atom stereocenters. The smallest absolute Gasteiger partial charge is 0.193 e. The predicted octanol–water partition coefficient (Wildman–Crippen LogP) is 4.16. The molecule has 0 spiro atoms. The van der Waals surface area contributed by atoms with Crippen molar-refractivity contribution in [2.24, 2.45) is 0 Å². The lowest BCUT2D eigenvalue weighted by Crippen LogP contribution is -2.45. The summed E-state index contributed by atoms with van der Waals surface area (Å²) >= 11 is 0. The van der Waals surface area contributed by atoms with Crippen LogP contribution in [0.25, 0.3) is 0 Å². The van der Waals surface area contributed by atoms with Crippen molar-refractivity contribution < 1.29 is 9.22 Å². The van der Waals surface area contributed by atoms with Crippen LogP contribution in [0.4, 0.5) is 0 Å². The first-order valence-corrected chi connectivity index (χ1v) is 9.27. The van der Waals surface area contributed by atoms with Crippen LogP contribution >= 0.6 is 0 Å². The Bertz CT molecular complexity index is 229. The normalized spacial score (nSPS) is 14.9. The lowest BCUT2D eigenvalue weighted by molar-refractivity contribution is -0.126. The van der Waals surface area contributed by atoms with E-state index in [0.717, 1.165) is 12.8 Å². The molecule has 0 saturated heterocycles. The van der Waals surface area contributed by atoms with Crippen molar-refractivity contribution in [3.63, 3.8) is 0 Å². The lowest BCUT2D eigenvalue weighted by atomic mass is 10.1. The standard InChI is InChI=1S/C13H28O2Si/c1-8-10-12(11(14)9-2)15-16(6,7)13(3,4)5/h12H,8-10H2,1-7H3/t12-/m0/s1. The number of ketones is 1. The summed E-state index contributed by atoms with van der Waals surface area (Å²) in [5, 5.41) is 0.174. The minimum Gasteiger partial charge on any atom is -0.407 e. The molecule has 0 aliphatic carbocycles. The van der Waals surface area contributed by atoms with E-state index in [1.807, 2.05) is 6.92 Å². The maximum absolute atomic E-state index is 11.8. The zero-order valence-corrected chi connectivity index (χ0v) is 13.0.